The van der Waals surface area contributed by atoms with Gasteiger partial charge in [-0.1, -0.05) is 54.2 Å². The molecule has 156 valence electrons. The minimum absolute atomic E-state index is 0.471. The van der Waals surface area contributed by atoms with Gasteiger partial charge in [-0.25, -0.2) is 4.98 Å². The minimum atomic E-state index is 0.471. The number of likely N-dealkylation sites (N-methyl/N-ethyl adjacent to an activating group) is 1. The molecule has 0 spiro atoms. The number of piperazine rings is 1. The monoisotopic (exact) mass is 440 g/mol. The number of halogens is 1. The largest absolute Gasteiger partial charge is 0.472 e. The third-order valence-corrected chi connectivity index (χ3v) is 6.34. The lowest BCUT2D eigenvalue weighted by Crippen LogP contribution is -2.45. The van der Waals surface area contributed by atoms with Gasteiger partial charge in [-0.15, -0.1) is 11.6 Å². The van der Waals surface area contributed by atoms with Gasteiger partial charge >= 0.3 is 0 Å². The van der Waals surface area contributed by atoms with E-state index in [2.05, 4.69) is 46.1 Å². The Balaban J connectivity index is 1.56. The van der Waals surface area contributed by atoms with E-state index in [1.807, 2.05) is 36.5 Å². The van der Waals surface area contributed by atoms with Gasteiger partial charge in [0, 0.05) is 37.0 Å². The van der Waals surface area contributed by atoms with E-state index in [0.29, 0.717) is 18.4 Å². The van der Waals surface area contributed by atoms with Gasteiger partial charge in [-0.2, -0.15) is 4.98 Å². The minimum Gasteiger partial charge on any atom is -0.472 e. The van der Waals surface area contributed by atoms with E-state index < -0.39 is 0 Å². The molecule has 1 aliphatic heterocycles. The van der Waals surface area contributed by atoms with Crippen molar-refractivity contribution in [3.8, 4) is 5.88 Å². The summed E-state index contributed by atoms with van der Waals surface area (Å²) in [6.07, 6.45) is 1.88. The Morgan fingerprint density at radius 2 is 1.70 bits per heavy atom. The maximum absolute atomic E-state index is 6.16. The SMILES string of the molecule is CN1CCN(c2ncc(Sc3ccc(CCl)cc3)c(OCc3ccccc3)n2)CC1. The molecule has 1 fully saturated rings. The van der Waals surface area contributed by atoms with Gasteiger partial charge in [-0.3, -0.25) is 0 Å². The second-order valence-electron chi connectivity index (χ2n) is 7.28. The van der Waals surface area contributed by atoms with Crippen LogP contribution in [0, 0.1) is 0 Å². The first-order valence-corrected chi connectivity index (χ1v) is 11.4. The number of nitrogens with zero attached hydrogens (tertiary/aromatic N) is 4. The molecule has 4 rings (SSSR count). The Kier molecular flexibility index (Phi) is 7.10. The third kappa shape index (κ3) is 5.45. The molecule has 30 heavy (non-hydrogen) atoms. The summed E-state index contributed by atoms with van der Waals surface area (Å²) in [6.45, 7) is 4.32. The Hall–Kier alpha value is -2.28. The van der Waals surface area contributed by atoms with Crippen molar-refractivity contribution in [3.05, 3.63) is 71.9 Å². The number of anilines is 1. The number of hydrogen-bond acceptors (Lipinski definition) is 6. The molecule has 0 saturated carbocycles. The highest BCUT2D eigenvalue weighted by molar-refractivity contribution is 7.99. The van der Waals surface area contributed by atoms with Crippen molar-refractivity contribution in [2.75, 3.05) is 38.1 Å². The van der Waals surface area contributed by atoms with Gasteiger partial charge in [0.1, 0.15) is 6.61 Å². The van der Waals surface area contributed by atoms with E-state index in [0.717, 1.165) is 53.0 Å². The first-order valence-electron chi connectivity index (χ1n) is 10.0. The molecule has 0 unspecified atom stereocenters. The second-order valence-corrected chi connectivity index (χ2v) is 8.67. The average Bonchev–Trinajstić information content (AvgIpc) is 2.80. The molecule has 0 N–H and O–H groups in total. The smallest absolute Gasteiger partial charge is 0.232 e. The van der Waals surface area contributed by atoms with Crippen LogP contribution in [0.25, 0.3) is 0 Å². The van der Waals surface area contributed by atoms with Crippen LogP contribution < -0.4 is 9.64 Å². The van der Waals surface area contributed by atoms with Crippen LogP contribution in [0.1, 0.15) is 11.1 Å². The summed E-state index contributed by atoms with van der Waals surface area (Å²) < 4.78 is 6.16. The number of aromatic nitrogens is 2. The summed E-state index contributed by atoms with van der Waals surface area (Å²) in [7, 11) is 2.14. The molecular weight excluding hydrogens is 416 g/mol. The summed E-state index contributed by atoms with van der Waals surface area (Å²) in [5, 5.41) is 0. The molecule has 0 aliphatic carbocycles. The van der Waals surface area contributed by atoms with Crippen molar-refractivity contribution in [2.24, 2.45) is 0 Å². The summed E-state index contributed by atoms with van der Waals surface area (Å²) >= 11 is 7.51. The van der Waals surface area contributed by atoms with E-state index in [1.54, 1.807) is 11.8 Å². The van der Waals surface area contributed by atoms with Crippen molar-refractivity contribution in [1.29, 1.82) is 0 Å². The summed E-state index contributed by atoms with van der Waals surface area (Å²) in [5.74, 6) is 1.86. The van der Waals surface area contributed by atoms with Gasteiger partial charge in [0.05, 0.1) is 11.1 Å². The molecule has 7 heteroatoms. The molecule has 3 aromatic rings. The first-order chi connectivity index (χ1) is 14.7. The molecule has 0 atom stereocenters. The van der Waals surface area contributed by atoms with E-state index in [4.69, 9.17) is 21.3 Å². The fraction of sp³-hybridized carbons (Fsp3) is 0.304. The van der Waals surface area contributed by atoms with E-state index in [1.165, 1.54) is 0 Å². The highest BCUT2D eigenvalue weighted by atomic mass is 35.5. The van der Waals surface area contributed by atoms with E-state index in [9.17, 15) is 0 Å². The molecule has 0 amide bonds. The predicted molar refractivity (Wildman–Crippen MR) is 123 cm³/mol. The third-order valence-electron chi connectivity index (χ3n) is 5.02. The number of alkyl halides is 1. The van der Waals surface area contributed by atoms with Crippen LogP contribution in [0.15, 0.2) is 70.6 Å². The Labute approximate surface area is 187 Å². The first kappa shape index (κ1) is 21.0. The summed E-state index contributed by atoms with van der Waals surface area (Å²) in [5.41, 5.74) is 2.21. The van der Waals surface area contributed by atoms with E-state index >= 15 is 0 Å². The zero-order valence-electron chi connectivity index (χ0n) is 17.0. The normalized spacial score (nSPS) is 14.7. The quantitative estimate of drug-likeness (QED) is 0.496. The van der Waals surface area contributed by atoms with Crippen molar-refractivity contribution in [3.63, 3.8) is 0 Å². The fourth-order valence-electron chi connectivity index (χ4n) is 3.18. The van der Waals surface area contributed by atoms with Crippen molar-refractivity contribution in [2.45, 2.75) is 22.3 Å². The van der Waals surface area contributed by atoms with E-state index in [-0.39, 0.29) is 0 Å². The Morgan fingerprint density at radius 1 is 0.967 bits per heavy atom. The van der Waals surface area contributed by atoms with Crippen LogP contribution in [-0.4, -0.2) is 48.1 Å². The van der Waals surface area contributed by atoms with Crippen molar-refractivity contribution in [1.82, 2.24) is 14.9 Å². The molecule has 0 radical (unpaired) electrons. The Morgan fingerprint density at radius 3 is 2.40 bits per heavy atom. The molecule has 1 saturated heterocycles. The van der Waals surface area contributed by atoms with Crippen LogP contribution in [0.3, 0.4) is 0 Å². The van der Waals surface area contributed by atoms with Gasteiger partial charge in [-0.05, 0) is 30.3 Å². The Bertz CT molecular complexity index is 947. The van der Waals surface area contributed by atoms with Crippen LogP contribution in [0.4, 0.5) is 5.95 Å². The standard InChI is InChI=1S/C23H25ClN4OS/c1-27-11-13-28(14-12-27)23-25-16-21(30-20-9-7-18(15-24)8-10-20)22(26-23)29-17-19-5-3-2-4-6-19/h2-10,16H,11-15,17H2,1H3. The summed E-state index contributed by atoms with van der Waals surface area (Å²) in [4.78, 5) is 16.0. The highest BCUT2D eigenvalue weighted by Gasteiger charge is 2.19. The lowest BCUT2D eigenvalue weighted by Gasteiger charge is -2.32. The van der Waals surface area contributed by atoms with Crippen LogP contribution in [0.2, 0.25) is 0 Å². The molecule has 2 aromatic carbocycles. The highest BCUT2D eigenvalue weighted by Crippen LogP contribution is 2.35. The number of rotatable bonds is 7. The lowest BCUT2D eigenvalue weighted by atomic mass is 10.2. The molecule has 1 aliphatic rings. The lowest BCUT2D eigenvalue weighted by molar-refractivity contribution is 0.283. The molecule has 5 nitrogen and oxygen atoms in total. The number of ether oxygens (including phenoxy) is 1. The maximum Gasteiger partial charge on any atom is 0.232 e. The van der Waals surface area contributed by atoms with Crippen LogP contribution in [-0.2, 0) is 12.5 Å². The second kappa shape index (κ2) is 10.2. The maximum atomic E-state index is 6.16. The average molecular weight is 441 g/mol. The summed E-state index contributed by atoms with van der Waals surface area (Å²) in [6, 6.07) is 18.4. The van der Waals surface area contributed by atoms with Crippen LogP contribution in [0.5, 0.6) is 5.88 Å². The number of benzene rings is 2. The number of hydrogen-bond donors (Lipinski definition) is 0. The van der Waals surface area contributed by atoms with Gasteiger partial charge in [0.25, 0.3) is 0 Å². The van der Waals surface area contributed by atoms with Gasteiger partial charge in [0.2, 0.25) is 11.8 Å². The zero-order chi connectivity index (χ0) is 20.8. The van der Waals surface area contributed by atoms with Gasteiger partial charge in [0.15, 0.2) is 0 Å². The zero-order valence-corrected chi connectivity index (χ0v) is 18.6. The van der Waals surface area contributed by atoms with Gasteiger partial charge < -0.3 is 14.5 Å². The molecule has 0 bridgehead atoms. The van der Waals surface area contributed by atoms with Crippen LogP contribution >= 0.6 is 23.4 Å². The molecular formula is C23H25ClN4OS. The molecule has 1 aromatic heterocycles. The van der Waals surface area contributed by atoms with Crippen molar-refractivity contribution >= 4 is 29.3 Å². The fourth-order valence-corrected chi connectivity index (χ4v) is 4.18. The van der Waals surface area contributed by atoms with Crippen molar-refractivity contribution < 1.29 is 4.74 Å². The topological polar surface area (TPSA) is 41.5 Å². The predicted octanol–water partition coefficient (Wildman–Crippen LogP) is 4.70. The molecule has 2 heterocycles.